The number of benzene rings is 1. The van der Waals surface area contributed by atoms with Crippen LogP contribution >= 0.6 is 15.9 Å². The van der Waals surface area contributed by atoms with E-state index in [2.05, 4.69) is 20.7 Å². The van der Waals surface area contributed by atoms with E-state index in [9.17, 15) is 12.8 Å². The normalized spacial score (nSPS) is 11.5. The molecule has 7 heteroatoms. The summed E-state index contributed by atoms with van der Waals surface area (Å²) in [5, 5.41) is 0. The molecule has 0 atom stereocenters. The van der Waals surface area contributed by atoms with Crippen LogP contribution in [0, 0.1) is 12.7 Å². The Labute approximate surface area is 102 Å². The van der Waals surface area contributed by atoms with Gasteiger partial charge in [-0.1, -0.05) is 0 Å². The Bertz CT molecular complexity index is 491. The van der Waals surface area contributed by atoms with Gasteiger partial charge in [0.1, 0.15) is 5.82 Å². The molecule has 1 aromatic carbocycles. The zero-order chi connectivity index (χ0) is 12.3. The Balaban J connectivity index is 3.03. The third-order valence-corrected chi connectivity index (χ3v) is 3.83. The van der Waals surface area contributed by atoms with Crippen LogP contribution < -0.4 is 10.5 Å². The van der Waals surface area contributed by atoms with Crippen molar-refractivity contribution in [2.75, 3.05) is 17.0 Å². The molecule has 0 spiro atoms. The van der Waals surface area contributed by atoms with Crippen molar-refractivity contribution in [1.29, 1.82) is 0 Å². The second kappa shape index (κ2) is 5.11. The van der Waals surface area contributed by atoms with Crippen LogP contribution in [0.2, 0.25) is 0 Å². The summed E-state index contributed by atoms with van der Waals surface area (Å²) in [6.07, 6.45) is 0. The Morgan fingerprint density at radius 1 is 1.50 bits per heavy atom. The topological polar surface area (TPSA) is 72.2 Å². The second-order valence-corrected chi connectivity index (χ2v) is 5.99. The van der Waals surface area contributed by atoms with Crippen molar-refractivity contribution < 1.29 is 12.8 Å². The van der Waals surface area contributed by atoms with Crippen LogP contribution in [0.4, 0.5) is 10.1 Å². The van der Waals surface area contributed by atoms with Crippen LogP contribution in [-0.2, 0) is 10.0 Å². The molecule has 1 aromatic rings. The van der Waals surface area contributed by atoms with E-state index in [0.29, 0.717) is 10.0 Å². The first-order valence-corrected chi connectivity index (χ1v) is 6.96. The number of nitrogens with two attached hydrogens (primary N) is 1. The highest BCUT2D eigenvalue weighted by Crippen LogP contribution is 2.24. The summed E-state index contributed by atoms with van der Waals surface area (Å²) >= 11 is 3.02. The molecule has 0 aliphatic heterocycles. The fourth-order valence-electron chi connectivity index (χ4n) is 1.13. The zero-order valence-corrected chi connectivity index (χ0v) is 11.0. The van der Waals surface area contributed by atoms with Crippen LogP contribution in [0.1, 0.15) is 5.56 Å². The lowest BCUT2D eigenvalue weighted by Gasteiger charge is -2.10. The number of sulfonamides is 1. The van der Waals surface area contributed by atoms with Crippen LogP contribution in [0.3, 0.4) is 0 Å². The summed E-state index contributed by atoms with van der Waals surface area (Å²) in [4.78, 5) is 0. The molecule has 3 N–H and O–H groups in total. The van der Waals surface area contributed by atoms with Gasteiger partial charge in [-0.2, -0.15) is 0 Å². The molecule has 0 aliphatic rings. The first-order chi connectivity index (χ1) is 7.35. The Kier molecular flexibility index (Phi) is 4.28. The minimum atomic E-state index is -3.49. The molecular weight excluding hydrogens is 299 g/mol. The number of anilines is 1. The molecule has 0 unspecified atom stereocenters. The summed E-state index contributed by atoms with van der Waals surface area (Å²) in [5.41, 5.74) is 6.02. The molecule has 0 amide bonds. The Hall–Kier alpha value is -0.660. The van der Waals surface area contributed by atoms with Crippen molar-refractivity contribution in [3.63, 3.8) is 0 Å². The van der Waals surface area contributed by atoms with Crippen LogP contribution in [0.15, 0.2) is 16.6 Å². The standard InChI is InChI=1S/C9H12BrFN2O2S/c1-6-4-7(10)8(11)5-9(6)13-16(14,15)3-2-12/h4-5,13H,2-3,12H2,1H3. The van der Waals surface area contributed by atoms with E-state index >= 15 is 0 Å². The maximum Gasteiger partial charge on any atom is 0.233 e. The highest BCUT2D eigenvalue weighted by atomic mass is 79.9. The molecule has 0 saturated heterocycles. The molecule has 0 heterocycles. The molecule has 0 bridgehead atoms. The number of hydrogen-bond donors (Lipinski definition) is 2. The molecule has 1 rings (SSSR count). The molecular formula is C9H12BrFN2O2S. The number of nitrogens with one attached hydrogen (secondary N) is 1. The summed E-state index contributed by atoms with van der Waals surface area (Å²) in [6, 6.07) is 2.64. The van der Waals surface area contributed by atoms with Gasteiger partial charge in [-0.15, -0.1) is 0 Å². The smallest absolute Gasteiger partial charge is 0.233 e. The molecule has 0 aromatic heterocycles. The van der Waals surface area contributed by atoms with Gasteiger partial charge in [0.05, 0.1) is 15.9 Å². The molecule has 4 nitrogen and oxygen atoms in total. The van der Waals surface area contributed by atoms with Crippen molar-refractivity contribution in [3.8, 4) is 0 Å². The minimum Gasteiger partial charge on any atom is -0.329 e. The fourth-order valence-corrected chi connectivity index (χ4v) is 2.56. The average molecular weight is 311 g/mol. The lowest BCUT2D eigenvalue weighted by Crippen LogP contribution is -2.22. The second-order valence-electron chi connectivity index (χ2n) is 3.29. The lowest BCUT2D eigenvalue weighted by molar-refractivity contribution is 0.600. The first-order valence-electron chi connectivity index (χ1n) is 4.52. The first kappa shape index (κ1) is 13.4. The monoisotopic (exact) mass is 310 g/mol. The van der Waals surface area contributed by atoms with Gasteiger partial charge in [-0.05, 0) is 40.5 Å². The maximum absolute atomic E-state index is 13.2. The number of hydrogen-bond acceptors (Lipinski definition) is 3. The number of halogens is 2. The van der Waals surface area contributed by atoms with Crippen molar-refractivity contribution >= 4 is 31.6 Å². The van der Waals surface area contributed by atoms with Gasteiger partial charge in [-0.25, -0.2) is 12.8 Å². The molecule has 0 fully saturated rings. The van der Waals surface area contributed by atoms with Gasteiger partial charge in [0, 0.05) is 6.54 Å². The van der Waals surface area contributed by atoms with Crippen LogP contribution in [-0.4, -0.2) is 20.7 Å². The zero-order valence-electron chi connectivity index (χ0n) is 8.63. The molecule has 0 saturated carbocycles. The molecule has 0 aliphatic carbocycles. The van der Waals surface area contributed by atoms with Crippen molar-refractivity contribution in [2.24, 2.45) is 5.73 Å². The number of rotatable bonds is 4. The highest BCUT2D eigenvalue weighted by Gasteiger charge is 2.12. The minimum absolute atomic E-state index is 0.0212. The summed E-state index contributed by atoms with van der Waals surface area (Å²) in [7, 11) is -3.49. The SMILES string of the molecule is Cc1cc(Br)c(F)cc1NS(=O)(=O)CCN. The van der Waals surface area contributed by atoms with E-state index in [1.54, 1.807) is 6.92 Å². The predicted molar refractivity (Wildman–Crippen MR) is 65.3 cm³/mol. The number of aryl methyl sites for hydroxylation is 1. The van der Waals surface area contributed by atoms with Gasteiger partial charge in [0.25, 0.3) is 0 Å². The van der Waals surface area contributed by atoms with Gasteiger partial charge in [-0.3, -0.25) is 4.72 Å². The van der Waals surface area contributed by atoms with Crippen LogP contribution in [0.5, 0.6) is 0 Å². The van der Waals surface area contributed by atoms with E-state index in [4.69, 9.17) is 5.73 Å². The van der Waals surface area contributed by atoms with E-state index in [1.165, 1.54) is 6.07 Å². The van der Waals surface area contributed by atoms with Crippen molar-refractivity contribution in [1.82, 2.24) is 0 Å². The van der Waals surface area contributed by atoms with E-state index < -0.39 is 15.8 Å². The highest BCUT2D eigenvalue weighted by molar-refractivity contribution is 9.10. The van der Waals surface area contributed by atoms with Gasteiger partial charge in [0.15, 0.2) is 0 Å². The maximum atomic E-state index is 13.2. The summed E-state index contributed by atoms with van der Waals surface area (Å²) < 4.78 is 38.6. The van der Waals surface area contributed by atoms with Crippen molar-refractivity contribution in [2.45, 2.75) is 6.92 Å². The largest absolute Gasteiger partial charge is 0.329 e. The average Bonchev–Trinajstić information content (AvgIpc) is 2.13. The van der Waals surface area contributed by atoms with Crippen LogP contribution in [0.25, 0.3) is 0 Å². The van der Waals surface area contributed by atoms with Gasteiger partial charge in [0.2, 0.25) is 10.0 Å². The third-order valence-electron chi connectivity index (χ3n) is 1.92. The molecule has 0 radical (unpaired) electrons. The lowest BCUT2D eigenvalue weighted by atomic mass is 10.2. The van der Waals surface area contributed by atoms with Gasteiger partial charge < -0.3 is 5.73 Å². The van der Waals surface area contributed by atoms with Crippen molar-refractivity contribution in [3.05, 3.63) is 28.0 Å². The molecule has 16 heavy (non-hydrogen) atoms. The van der Waals surface area contributed by atoms with Gasteiger partial charge >= 0.3 is 0 Å². The summed E-state index contributed by atoms with van der Waals surface area (Å²) in [6.45, 7) is 1.71. The third kappa shape index (κ3) is 3.43. The van der Waals surface area contributed by atoms with E-state index in [0.717, 1.165) is 6.07 Å². The Morgan fingerprint density at radius 3 is 2.69 bits per heavy atom. The quantitative estimate of drug-likeness (QED) is 0.887. The molecule has 90 valence electrons. The Morgan fingerprint density at radius 2 is 2.12 bits per heavy atom. The fraction of sp³-hybridized carbons (Fsp3) is 0.333. The predicted octanol–water partition coefficient (Wildman–Crippen LogP) is 1.60. The summed E-state index contributed by atoms with van der Waals surface area (Å²) in [5.74, 6) is -0.708. The van der Waals surface area contributed by atoms with E-state index in [1.807, 2.05) is 0 Å². The van der Waals surface area contributed by atoms with E-state index in [-0.39, 0.29) is 18.0 Å².